The first-order valence-corrected chi connectivity index (χ1v) is 11.6. The van der Waals surface area contributed by atoms with E-state index in [1.54, 1.807) is 24.3 Å². The number of ether oxygens (including phenoxy) is 1. The molecule has 1 aromatic carbocycles. The third kappa shape index (κ3) is 5.11. The zero-order valence-electron chi connectivity index (χ0n) is 16.7. The minimum absolute atomic E-state index is 0.110. The quantitative estimate of drug-likeness (QED) is 0.752. The van der Waals surface area contributed by atoms with Gasteiger partial charge in [0, 0.05) is 24.8 Å². The maximum atomic E-state index is 12.7. The van der Waals surface area contributed by atoms with Crippen molar-refractivity contribution in [2.24, 2.45) is 5.92 Å². The fourth-order valence-corrected chi connectivity index (χ4v) is 5.27. The molecule has 28 heavy (non-hydrogen) atoms. The molecule has 0 spiro atoms. The molecule has 1 amide bonds. The summed E-state index contributed by atoms with van der Waals surface area (Å²) in [6.07, 6.45) is 4.77. The van der Waals surface area contributed by atoms with Crippen LogP contribution < -0.4 is 10.6 Å². The van der Waals surface area contributed by atoms with Crippen LogP contribution in [0.1, 0.15) is 39.5 Å². The van der Waals surface area contributed by atoms with Gasteiger partial charge in [0.15, 0.2) is 0 Å². The van der Waals surface area contributed by atoms with E-state index in [9.17, 15) is 13.2 Å². The first-order valence-electron chi connectivity index (χ1n) is 10.1. The summed E-state index contributed by atoms with van der Waals surface area (Å²) in [5.41, 5.74) is 0.594. The Morgan fingerprint density at radius 1 is 1.14 bits per heavy atom. The van der Waals surface area contributed by atoms with Gasteiger partial charge in [0.25, 0.3) is 0 Å². The number of hydrogen-bond acceptors (Lipinski definition) is 5. The van der Waals surface area contributed by atoms with Crippen LogP contribution in [0, 0.1) is 5.92 Å². The first-order chi connectivity index (χ1) is 13.4. The number of sulfonamides is 1. The predicted molar refractivity (Wildman–Crippen MR) is 109 cm³/mol. The molecule has 0 aromatic heterocycles. The molecule has 7 nitrogen and oxygen atoms in total. The zero-order valence-corrected chi connectivity index (χ0v) is 17.5. The molecule has 3 atom stereocenters. The van der Waals surface area contributed by atoms with Crippen LogP contribution in [0.2, 0.25) is 0 Å². The number of carbonyl (C=O) groups is 1. The van der Waals surface area contributed by atoms with E-state index in [-0.39, 0.29) is 16.8 Å². The second-order valence-electron chi connectivity index (χ2n) is 7.79. The molecule has 0 unspecified atom stereocenters. The summed E-state index contributed by atoms with van der Waals surface area (Å²) >= 11 is 0. The van der Waals surface area contributed by atoms with Crippen molar-refractivity contribution in [1.82, 2.24) is 9.62 Å². The summed E-state index contributed by atoms with van der Waals surface area (Å²) in [4.78, 5) is 12.7. The lowest BCUT2D eigenvalue weighted by Gasteiger charge is -2.31. The fourth-order valence-electron chi connectivity index (χ4n) is 3.86. The van der Waals surface area contributed by atoms with Crippen molar-refractivity contribution in [3.63, 3.8) is 0 Å². The summed E-state index contributed by atoms with van der Waals surface area (Å²) in [6.45, 7) is 5.66. The highest BCUT2D eigenvalue weighted by molar-refractivity contribution is 7.89. The molecule has 1 heterocycles. The molecule has 3 rings (SSSR count). The molecular formula is C20H31N3O4S. The SMILES string of the molecule is C[C@H](N[C@@H]1CCCC[C@@H]1C)C(=O)Nc1ccc(S(=O)(=O)N2CCOCC2)cc1. The second-order valence-corrected chi connectivity index (χ2v) is 9.72. The normalized spacial score (nSPS) is 25.2. The Kier molecular flexibility index (Phi) is 7.09. The highest BCUT2D eigenvalue weighted by atomic mass is 32.2. The monoisotopic (exact) mass is 409 g/mol. The average molecular weight is 410 g/mol. The lowest BCUT2D eigenvalue weighted by Crippen LogP contribution is -2.47. The molecule has 156 valence electrons. The number of morpholine rings is 1. The molecule has 1 aromatic rings. The van der Waals surface area contributed by atoms with Gasteiger partial charge in [-0.2, -0.15) is 4.31 Å². The van der Waals surface area contributed by atoms with Gasteiger partial charge in [0.05, 0.1) is 24.2 Å². The van der Waals surface area contributed by atoms with Crippen molar-refractivity contribution < 1.29 is 17.9 Å². The Morgan fingerprint density at radius 2 is 1.79 bits per heavy atom. The second kappa shape index (κ2) is 9.35. The summed E-state index contributed by atoms with van der Waals surface area (Å²) in [5.74, 6) is 0.468. The number of rotatable bonds is 6. The van der Waals surface area contributed by atoms with Gasteiger partial charge in [-0.05, 0) is 49.9 Å². The molecule has 2 aliphatic rings. The number of benzene rings is 1. The number of carbonyl (C=O) groups excluding carboxylic acids is 1. The molecule has 8 heteroatoms. The fraction of sp³-hybridized carbons (Fsp3) is 0.650. The van der Waals surface area contributed by atoms with E-state index in [2.05, 4.69) is 17.6 Å². The van der Waals surface area contributed by atoms with Gasteiger partial charge in [-0.1, -0.05) is 19.8 Å². The molecule has 2 fully saturated rings. The number of nitrogens with zero attached hydrogens (tertiary/aromatic N) is 1. The topological polar surface area (TPSA) is 87.7 Å². The Hall–Kier alpha value is -1.48. The Morgan fingerprint density at radius 3 is 2.43 bits per heavy atom. The van der Waals surface area contributed by atoms with E-state index < -0.39 is 10.0 Å². The lowest BCUT2D eigenvalue weighted by atomic mass is 9.85. The van der Waals surface area contributed by atoms with Gasteiger partial charge in [-0.15, -0.1) is 0 Å². The van der Waals surface area contributed by atoms with Crippen molar-refractivity contribution in [3.05, 3.63) is 24.3 Å². The number of nitrogens with one attached hydrogen (secondary N) is 2. The van der Waals surface area contributed by atoms with E-state index in [1.165, 1.54) is 23.6 Å². The standard InChI is InChI=1S/C20H31N3O4S/c1-15-5-3-4-6-19(15)21-16(2)20(24)22-17-7-9-18(10-8-17)28(25,26)23-11-13-27-14-12-23/h7-10,15-16,19,21H,3-6,11-14H2,1-2H3,(H,22,24)/t15-,16-,19+/m0/s1. The van der Waals surface area contributed by atoms with Gasteiger partial charge < -0.3 is 15.4 Å². The van der Waals surface area contributed by atoms with Crippen LogP contribution in [0.3, 0.4) is 0 Å². The van der Waals surface area contributed by atoms with Gasteiger partial charge in [0.2, 0.25) is 15.9 Å². The van der Waals surface area contributed by atoms with E-state index in [0.717, 1.165) is 6.42 Å². The highest BCUT2D eigenvalue weighted by Gasteiger charge is 2.27. The summed E-state index contributed by atoms with van der Waals surface area (Å²) in [5, 5.41) is 6.32. The number of anilines is 1. The minimum Gasteiger partial charge on any atom is -0.379 e. The van der Waals surface area contributed by atoms with Gasteiger partial charge in [-0.3, -0.25) is 4.79 Å². The zero-order chi connectivity index (χ0) is 20.1. The lowest BCUT2D eigenvalue weighted by molar-refractivity contribution is -0.118. The number of hydrogen-bond donors (Lipinski definition) is 2. The van der Waals surface area contributed by atoms with Crippen molar-refractivity contribution in [3.8, 4) is 0 Å². The van der Waals surface area contributed by atoms with Crippen molar-refractivity contribution >= 4 is 21.6 Å². The summed E-state index contributed by atoms with van der Waals surface area (Å²) in [6, 6.07) is 6.43. The predicted octanol–water partition coefficient (Wildman–Crippen LogP) is 2.20. The van der Waals surface area contributed by atoms with Crippen LogP contribution >= 0.6 is 0 Å². The van der Waals surface area contributed by atoms with E-state index in [0.29, 0.717) is 44.0 Å². The third-order valence-corrected chi connectivity index (χ3v) is 7.61. The van der Waals surface area contributed by atoms with Crippen LogP contribution in [0.4, 0.5) is 5.69 Å². The Balaban J connectivity index is 1.58. The average Bonchev–Trinajstić information content (AvgIpc) is 2.70. The number of amides is 1. The van der Waals surface area contributed by atoms with Crippen LogP contribution in [0.25, 0.3) is 0 Å². The van der Waals surface area contributed by atoms with E-state index >= 15 is 0 Å². The molecule has 1 saturated carbocycles. The Bertz CT molecular complexity index is 760. The summed E-state index contributed by atoms with van der Waals surface area (Å²) in [7, 11) is -3.52. The molecule has 1 saturated heterocycles. The maximum absolute atomic E-state index is 12.7. The van der Waals surface area contributed by atoms with Crippen LogP contribution in [0.15, 0.2) is 29.2 Å². The minimum atomic E-state index is -3.52. The van der Waals surface area contributed by atoms with Crippen LogP contribution in [-0.2, 0) is 19.6 Å². The molecule has 1 aliphatic heterocycles. The van der Waals surface area contributed by atoms with Gasteiger partial charge in [0.1, 0.15) is 0 Å². The van der Waals surface area contributed by atoms with E-state index in [1.807, 2.05) is 6.92 Å². The molecule has 0 bridgehead atoms. The van der Waals surface area contributed by atoms with Crippen LogP contribution in [0.5, 0.6) is 0 Å². The van der Waals surface area contributed by atoms with Crippen molar-refractivity contribution in [2.75, 3.05) is 31.6 Å². The highest BCUT2D eigenvalue weighted by Crippen LogP contribution is 2.24. The van der Waals surface area contributed by atoms with Gasteiger partial charge >= 0.3 is 0 Å². The van der Waals surface area contributed by atoms with Crippen molar-refractivity contribution in [1.29, 1.82) is 0 Å². The van der Waals surface area contributed by atoms with E-state index in [4.69, 9.17) is 4.74 Å². The van der Waals surface area contributed by atoms with Crippen LogP contribution in [-0.4, -0.2) is 57.0 Å². The maximum Gasteiger partial charge on any atom is 0.243 e. The first kappa shape index (κ1) is 21.2. The summed E-state index contributed by atoms with van der Waals surface area (Å²) < 4.78 is 32.0. The molecule has 0 radical (unpaired) electrons. The van der Waals surface area contributed by atoms with Crippen molar-refractivity contribution in [2.45, 2.75) is 56.5 Å². The third-order valence-electron chi connectivity index (χ3n) is 5.70. The van der Waals surface area contributed by atoms with Gasteiger partial charge in [-0.25, -0.2) is 8.42 Å². The Labute approximate surface area is 167 Å². The molecular weight excluding hydrogens is 378 g/mol. The largest absolute Gasteiger partial charge is 0.379 e. The molecule has 2 N–H and O–H groups in total. The molecule has 1 aliphatic carbocycles. The smallest absolute Gasteiger partial charge is 0.243 e.